The van der Waals surface area contributed by atoms with Gasteiger partial charge in [-0.1, -0.05) is 12.1 Å². The van der Waals surface area contributed by atoms with Crippen LogP contribution in [0.25, 0.3) is 0 Å². The van der Waals surface area contributed by atoms with Gasteiger partial charge in [0, 0.05) is 11.4 Å². The Morgan fingerprint density at radius 1 is 1.15 bits per heavy atom. The second-order valence-electron chi connectivity index (χ2n) is 7.22. The monoisotopic (exact) mass is 358 g/mol. The van der Waals surface area contributed by atoms with Crippen LogP contribution >= 0.6 is 0 Å². The van der Waals surface area contributed by atoms with Crippen LogP contribution in [0.5, 0.6) is 0 Å². The first-order valence-electron chi connectivity index (χ1n) is 9.05. The molecule has 26 heavy (non-hydrogen) atoms. The molecule has 2 heterocycles. The van der Waals surface area contributed by atoms with Crippen LogP contribution in [-0.4, -0.2) is 35.8 Å². The summed E-state index contributed by atoms with van der Waals surface area (Å²) in [5, 5.41) is 0. The summed E-state index contributed by atoms with van der Waals surface area (Å²) in [5.74, 6) is -1.58. The van der Waals surface area contributed by atoms with E-state index in [0.29, 0.717) is 11.6 Å². The lowest BCUT2D eigenvalue weighted by Crippen LogP contribution is -2.31. The molecule has 0 amide bonds. The van der Waals surface area contributed by atoms with Crippen LogP contribution in [0.4, 0.5) is 8.78 Å². The van der Waals surface area contributed by atoms with Crippen molar-refractivity contribution in [2.45, 2.75) is 32.6 Å². The number of rotatable bonds is 5. The number of benzene rings is 1. The highest BCUT2D eigenvalue weighted by molar-refractivity contribution is 5.98. The van der Waals surface area contributed by atoms with Crippen molar-refractivity contribution in [3.63, 3.8) is 0 Å². The van der Waals surface area contributed by atoms with Gasteiger partial charge in [-0.25, -0.2) is 8.78 Å². The second kappa shape index (κ2) is 8.04. The Hall–Kier alpha value is -2.14. The molecule has 0 unspecified atom stereocenters. The highest BCUT2D eigenvalue weighted by atomic mass is 19.1. The molecule has 0 atom stereocenters. The van der Waals surface area contributed by atoms with E-state index in [1.54, 1.807) is 6.07 Å². The molecular formula is C21H24F2N2O. The maximum absolute atomic E-state index is 14.2. The Morgan fingerprint density at radius 3 is 2.58 bits per heavy atom. The molecule has 2 aromatic rings. The van der Waals surface area contributed by atoms with Crippen LogP contribution in [0.1, 0.15) is 40.2 Å². The molecule has 1 aliphatic rings. The van der Waals surface area contributed by atoms with Gasteiger partial charge in [0.2, 0.25) is 0 Å². The SMILES string of the molecule is Cc1ccc(F)c(C(=O)Cc2cccc(CC3CCN(C)CC3)n2)c1F. The smallest absolute Gasteiger partial charge is 0.174 e. The molecule has 5 heteroatoms. The van der Waals surface area contributed by atoms with Crippen molar-refractivity contribution < 1.29 is 13.6 Å². The number of nitrogens with zero attached hydrogens (tertiary/aromatic N) is 2. The van der Waals surface area contributed by atoms with Gasteiger partial charge in [-0.2, -0.15) is 0 Å². The zero-order chi connectivity index (χ0) is 18.7. The molecule has 3 nitrogen and oxygen atoms in total. The van der Waals surface area contributed by atoms with Gasteiger partial charge in [0.15, 0.2) is 5.78 Å². The predicted octanol–water partition coefficient (Wildman–Crippen LogP) is 3.98. The van der Waals surface area contributed by atoms with Gasteiger partial charge in [-0.05, 0) is 76.0 Å². The Kier molecular flexibility index (Phi) is 5.77. The van der Waals surface area contributed by atoms with Gasteiger partial charge < -0.3 is 4.90 Å². The topological polar surface area (TPSA) is 33.2 Å². The van der Waals surface area contributed by atoms with Crippen LogP contribution in [0.15, 0.2) is 30.3 Å². The first-order valence-corrected chi connectivity index (χ1v) is 9.05. The largest absolute Gasteiger partial charge is 0.306 e. The molecular weight excluding hydrogens is 334 g/mol. The van der Waals surface area contributed by atoms with E-state index in [-0.39, 0.29) is 12.0 Å². The molecule has 0 saturated carbocycles. The summed E-state index contributed by atoms with van der Waals surface area (Å²) in [6, 6.07) is 8.03. The fourth-order valence-corrected chi connectivity index (χ4v) is 3.47. The maximum Gasteiger partial charge on any atom is 0.174 e. The molecule has 0 N–H and O–H groups in total. The Bertz CT molecular complexity index is 799. The Labute approximate surface area is 153 Å². The second-order valence-corrected chi connectivity index (χ2v) is 7.22. The van der Waals surface area contributed by atoms with Crippen molar-refractivity contribution >= 4 is 5.78 Å². The van der Waals surface area contributed by atoms with Gasteiger partial charge in [0.1, 0.15) is 11.6 Å². The quantitative estimate of drug-likeness (QED) is 0.758. The first-order chi connectivity index (χ1) is 12.4. The van der Waals surface area contributed by atoms with E-state index in [4.69, 9.17) is 0 Å². The minimum Gasteiger partial charge on any atom is -0.306 e. The summed E-state index contributed by atoms with van der Waals surface area (Å²) in [6.45, 7) is 3.70. The third kappa shape index (κ3) is 4.33. The zero-order valence-electron chi connectivity index (χ0n) is 15.3. The van der Waals surface area contributed by atoms with E-state index in [1.165, 1.54) is 13.0 Å². The van der Waals surface area contributed by atoms with Crippen molar-refractivity contribution in [3.8, 4) is 0 Å². The van der Waals surface area contributed by atoms with Gasteiger partial charge in [-0.15, -0.1) is 0 Å². The third-order valence-corrected chi connectivity index (χ3v) is 5.11. The van der Waals surface area contributed by atoms with Crippen molar-refractivity contribution in [2.24, 2.45) is 5.92 Å². The normalized spacial score (nSPS) is 16.0. The molecule has 3 rings (SSSR count). The molecule has 138 valence electrons. The van der Waals surface area contributed by atoms with E-state index in [1.807, 2.05) is 12.1 Å². The summed E-state index contributed by atoms with van der Waals surface area (Å²) >= 11 is 0. The summed E-state index contributed by atoms with van der Waals surface area (Å²) in [7, 11) is 2.13. The summed E-state index contributed by atoms with van der Waals surface area (Å²) < 4.78 is 28.1. The van der Waals surface area contributed by atoms with Crippen molar-refractivity contribution in [2.75, 3.05) is 20.1 Å². The number of piperidine rings is 1. The number of halogens is 2. The van der Waals surface area contributed by atoms with Crippen LogP contribution in [0, 0.1) is 24.5 Å². The third-order valence-electron chi connectivity index (χ3n) is 5.11. The number of pyridine rings is 1. The number of carbonyl (C=O) groups excluding carboxylic acids is 1. The minimum atomic E-state index is -0.819. The van der Waals surface area contributed by atoms with Crippen molar-refractivity contribution in [3.05, 3.63) is 64.5 Å². The Morgan fingerprint density at radius 2 is 1.85 bits per heavy atom. The van der Waals surface area contributed by atoms with Gasteiger partial charge in [-0.3, -0.25) is 9.78 Å². The van der Waals surface area contributed by atoms with E-state index in [2.05, 4.69) is 16.9 Å². The average molecular weight is 358 g/mol. The maximum atomic E-state index is 14.2. The molecule has 1 aromatic heterocycles. The molecule has 1 aliphatic heterocycles. The van der Waals surface area contributed by atoms with E-state index in [9.17, 15) is 13.6 Å². The fraction of sp³-hybridized carbons (Fsp3) is 0.429. The lowest BCUT2D eigenvalue weighted by atomic mass is 9.92. The van der Waals surface area contributed by atoms with Crippen LogP contribution in [0.2, 0.25) is 0 Å². The lowest BCUT2D eigenvalue weighted by Gasteiger charge is -2.28. The molecule has 1 saturated heterocycles. The first kappa shape index (κ1) is 18.6. The fourth-order valence-electron chi connectivity index (χ4n) is 3.47. The van der Waals surface area contributed by atoms with Crippen molar-refractivity contribution in [1.82, 2.24) is 9.88 Å². The number of ketones is 1. The lowest BCUT2D eigenvalue weighted by molar-refractivity contribution is 0.0983. The molecule has 1 fully saturated rings. The number of hydrogen-bond donors (Lipinski definition) is 0. The molecule has 1 aromatic carbocycles. The standard InChI is InChI=1S/C21H24F2N2O/c1-14-6-7-18(22)20(21(14)23)19(26)13-17-5-3-4-16(24-17)12-15-8-10-25(2)11-9-15/h3-7,15H,8-13H2,1-2H3. The average Bonchev–Trinajstić information content (AvgIpc) is 2.61. The van der Waals surface area contributed by atoms with Crippen molar-refractivity contribution in [1.29, 1.82) is 0 Å². The van der Waals surface area contributed by atoms with Gasteiger partial charge in [0.05, 0.1) is 12.0 Å². The molecule has 0 aliphatic carbocycles. The van der Waals surface area contributed by atoms with E-state index >= 15 is 0 Å². The van der Waals surface area contributed by atoms with Crippen LogP contribution in [-0.2, 0) is 12.8 Å². The number of Topliss-reactive ketones (excluding diaryl/α,β-unsaturated/α-hetero) is 1. The number of hydrogen-bond acceptors (Lipinski definition) is 3. The highest BCUT2D eigenvalue weighted by Gasteiger charge is 2.21. The zero-order valence-corrected chi connectivity index (χ0v) is 15.3. The summed E-state index contributed by atoms with van der Waals surface area (Å²) in [5.41, 5.74) is 1.29. The number of carbonyl (C=O) groups is 1. The molecule has 0 bridgehead atoms. The van der Waals surface area contributed by atoms with Crippen LogP contribution in [0.3, 0.4) is 0 Å². The molecule has 0 radical (unpaired) electrons. The molecule has 0 spiro atoms. The Balaban J connectivity index is 1.71. The van der Waals surface area contributed by atoms with Gasteiger partial charge in [0.25, 0.3) is 0 Å². The van der Waals surface area contributed by atoms with E-state index in [0.717, 1.165) is 44.1 Å². The predicted molar refractivity (Wildman–Crippen MR) is 97.3 cm³/mol. The van der Waals surface area contributed by atoms with Gasteiger partial charge >= 0.3 is 0 Å². The number of aromatic nitrogens is 1. The minimum absolute atomic E-state index is 0.0987. The number of likely N-dealkylation sites (tertiary alicyclic amines) is 1. The summed E-state index contributed by atoms with van der Waals surface area (Å²) in [4.78, 5) is 19.3. The van der Waals surface area contributed by atoms with Crippen LogP contribution < -0.4 is 0 Å². The van der Waals surface area contributed by atoms with E-state index < -0.39 is 23.0 Å². The number of aryl methyl sites for hydroxylation is 1. The highest BCUT2D eigenvalue weighted by Crippen LogP contribution is 2.21. The summed E-state index contributed by atoms with van der Waals surface area (Å²) in [6.07, 6.45) is 3.06.